The first-order chi connectivity index (χ1) is 23.6. The number of carbonyl (C=O) groups excluding carboxylic acids is 3. The molecule has 1 saturated carbocycles. The smallest absolute Gasteiger partial charge is 0.408 e. The van der Waals surface area contributed by atoms with Crippen molar-refractivity contribution < 1.29 is 38.1 Å². The predicted molar refractivity (Wildman–Crippen MR) is 185 cm³/mol. The Morgan fingerprint density at radius 3 is 2.33 bits per heavy atom. The largest absolute Gasteiger partial charge is 0.493 e. The number of ether oxygens (including phenoxy) is 5. The van der Waals surface area contributed by atoms with Crippen LogP contribution in [0.15, 0.2) is 79.0 Å². The molecule has 0 radical (unpaired) electrons. The zero-order valence-electron chi connectivity index (χ0n) is 28.3. The number of esters is 1. The zero-order valence-corrected chi connectivity index (χ0v) is 28.3. The normalized spacial score (nSPS) is 14.0. The summed E-state index contributed by atoms with van der Waals surface area (Å²) in [6.07, 6.45) is 5.68. The molecule has 258 valence electrons. The quantitative estimate of drug-likeness (QED) is 0.145. The third kappa shape index (κ3) is 10.1. The van der Waals surface area contributed by atoms with Gasteiger partial charge < -0.3 is 34.3 Å². The Balaban J connectivity index is 1.25. The molecule has 0 spiro atoms. The summed E-state index contributed by atoms with van der Waals surface area (Å²) >= 11 is 0. The molecule has 0 aliphatic heterocycles. The number of hydrogen-bond donors (Lipinski definition) is 2. The van der Waals surface area contributed by atoms with Gasteiger partial charge in [-0.1, -0.05) is 24.6 Å². The molecule has 3 aromatic carbocycles. The van der Waals surface area contributed by atoms with Crippen LogP contribution in [0, 0.1) is 0 Å². The van der Waals surface area contributed by atoms with Gasteiger partial charge >= 0.3 is 12.1 Å². The summed E-state index contributed by atoms with van der Waals surface area (Å²) in [5, 5.41) is 6.23. The highest BCUT2D eigenvalue weighted by molar-refractivity contribution is 6.04. The lowest BCUT2D eigenvalue weighted by Crippen LogP contribution is -2.46. The van der Waals surface area contributed by atoms with Crippen LogP contribution < -0.4 is 24.8 Å². The van der Waals surface area contributed by atoms with E-state index >= 15 is 0 Å². The fourth-order valence-corrected chi connectivity index (χ4v) is 5.43. The van der Waals surface area contributed by atoms with Crippen LogP contribution in [0.1, 0.15) is 69.7 Å². The topological polar surface area (TPSA) is 134 Å². The maximum atomic E-state index is 13.1. The molecule has 2 amide bonds. The third-order valence-electron chi connectivity index (χ3n) is 7.84. The Morgan fingerprint density at radius 1 is 0.898 bits per heavy atom. The molecule has 1 aliphatic carbocycles. The molecule has 1 heterocycles. The lowest BCUT2D eigenvalue weighted by Gasteiger charge is -2.26. The molecular formula is C38H43N3O8. The summed E-state index contributed by atoms with van der Waals surface area (Å²) in [6, 6.07) is 20.4. The van der Waals surface area contributed by atoms with Gasteiger partial charge in [-0.2, -0.15) is 0 Å². The van der Waals surface area contributed by atoms with E-state index in [0.717, 1.165) is 32.1 Å². The van der Waals surface area contributed by atoms with Crippen LogP contribution in [0.25, 0.3) is 10.9 Å². The van der Waals surface area contributed by atoms with Gasteiger partial charge in [0.05, 0.1) is 19.2 Å². The van der Waals surface area contributed by atoms with Crippen molar-refractivity contribution in [2.24, 2.45) is 0 Å². The number of rotatable bonds is 12. The van der Waals surface area contributed by atoms with Crippen LogP contribution in [-0.4, -0.2) is 54.4 Å². The van der Waals surface area contributed by atoms with Crippen molar-refractivity contribution in [1.29, 1.82) is 0 Å². The summed E-state index contributed by atoms with van der Waals surface area (Å²) in [5.41, 5.74) is 1.07. The first-order valence-electron chi connectivity index (χ1n) is 16.5. The Morgan fingerprint density at radius 2 is 1.63 bits per heavy atom. The maximum absolute atomic E-state index is 13.1. The fraction of sp³-hybridized carbons (Fsp3) is 0.368. The van der Waals surface area contributed by atoms with Gasteiger partial charge in [0.2, 0.25) is 0 Å². The first kappa shape index (κ1) is 35.0. The van der Waals surface area contributed by atoms with Gasteiger partial charge in [-0.25, -0.2) is 9.59 Å². The van der Waals surface area contributed by atoms with Gasteiger partial charge in [0.25, 0.3) is 5.91 Å². The highest BCUT2D eigenvalue weighted by Gasteiger charge is 2.28. The summed E-state index contributed by atoms with van der Waals surface area (Å²) < 4.78 is 29.1. The molecule has 0 bridgehead atoms. The summed E-state index contributed by atoms with van der Waals surface area (Å²) in [5.74, 6) is 1.24. The van der Waals surface area contributed by atoms with Gasteiger partial charge in [-0.05, 0) is 95.0 Å². The number of amides is 2. The number of fused-ring (bicyclic) bond motifs is 1. The van der Waals surface area contributed by atoms with Crippen molar-refractivity contribution in [3.05, 3.63) is 84.6 Å². The first-order valence-corrected chi connectivity index (χ1v) is 16.5. The second kappa shape index (κ2) is 16.2. The zero-order chi connectivity index (χ0) is 34.8. The molecule has 5 rings (SSSR count). The standard InChI is InChI=1S/C38H43N3O8/c1-38(2,3)49-37(44)41-30(36(43)48-27-13-9-6-10-14-27)20-22-46-34-24-31-29(23-33(34)45-4)32(19-21-39-31)47-28-17-15-26(16-18-28)40-35(42)25-11-7-5-8-12-25/h5,7-8,11-12,15-19,21,23-24,27,30H,6,9-10,13-14,20,22H2,1-4H3,(H,40,42)(H,41,44)/t30-/m0/s1. The molecular weight excluding hydrogens is 626 g/mol. The van der Waals surface area contributed by atoms with Crippen molar-refractivity contribution in [3.8, 4) is 23.0 Å². The number of carbonyl (C=O) groups is 3. The van der Waals surface area contributed by atoms with Crippen molar-refractivity contribution in [1.82, 2.24) is 10.3 Å². The minimum Gasteiger partial charge on any atom is -0.493 e. The number of nitrogens with one attached hydrogen (secondary N) is 2. The number of benzene rings is 3. The van der Waals surface area contributed by atoms with Gasteiger partial charge in [-0.3, -0.25) is 9.78 Å². The van der Waals surface area contributed by atoms with Crippen molar-refractivity contribution in [3.63, 3.8) is 0 Å². The Labute approximate surface area is 286 Å². The average molecular weight is 670 g/mol. The van der Waals surface area contributed by atoms with Crippen LogP contribution in [0.3, 0.4) is 0 Å². The molecule has 11 nitrogen and oxygen atoms in total. The van der Waals surface area contributed by atoms with E-state index in [1.54, 1.807) is 81.6 Å². The van der Waals surface area contributed by atoms with Gasteiger partial charge in [0, 0.05) is 35.3 Å². The molecule has 0 saturated heterocycles. The summed E-state index contributed by atoms with van der Waals surface area (Å²) in [6.45, 7) is 5.34. The van der Waals surface area contributed by atoms with Crippen LogP contribution >= 0.6 is 0 Å². The molecule has 1 fully saturated rings. The van der Waals surface area contributed by atoms with E-state index < -0.39 is 23.7 Å². The van der Waals surface area contributed by atoms with E-state index in [1.807, 2.05) is 18.2 Å². The molecule has 1 aliphatic rings. The number of aromatic nitrogens is 1. The second-order valence-corrected chi connectivity index (χ2v) is 12.8. The molecule has 1 atom stereocenters. The van der Waals surface area contributed by atoms with E-state index in [9.17, 15) is 14.4 Å². The van der Waals surface area contributed by atoms with Crippen LogP contribution in [-0.2, 0) is 14.3 Å². The number of methoxy groups -OCH3 is 1. The monoisotopic (exact) mass is 669 g/mol. The van der Waals surface area contributed by atoms with Gasteiger partial charge in [0.15, 0.2) is 11.5 Å². The SMILES string of the molecule is COc1cc2c(Oc3ccc(NC(=O)c4ccccc4)cc3)ccnc2cc1OCC[C@H](NC(=O)OC(C)(C)C)C(=O)OC1CCCCC1. The Hall–Kier alpha value is -5.32. The van der Waals surface area contributed by atoms with E-state index in [-0.39, 0.29) is 25.0 Å². The number of alkyl carbamates (subject to hydrolysis) is 1. The van der Waals surface area contributed by atoms with Crippen LogP contribution in [0.2, 0.25) is 0 Å². The lowest BCUT2D eigenvalue weighted by atomic mass is 9.98. The average Bonchev–Trinajstić information content (AvgIpc) is 3.08. The fourth-order valence-electron chi connectivity index (χ4n) is 5.43. The van der Waals surface area contributed by atoms with Crippen LogP contribution in [0.5, 0.6) is 23.0 Å². The predicted octanol–water partition coefficient (Wildman–Crippen LogP) is 7.83. The highest BCUT2D eigenvalue weighted by Crippen LogP contribution is 2.37. The van der Waals surface area contributed by atoms with E-state index in [0.29, 0.717) is 45.2 Å². The van der Waals surface area contributed by atoms with E-state index in [2.05, 4.69) is 15.6 Å². The number of pyridine rings is 1. The summed E-state index contributed by atoms with van der Waals surface area (Å²) in [4.78, 5) is 42.7. The minimum absolute atomic E-state index is 0.0748. The van der Waals surface area contributed by atoms with Gasteiger partial charge in [-0.15, -0.1) is 0 Å². The van der Waals surface area contributed by atoms with E-state index in [4.69, 9.17) is 23.7 Å². The lowest BCUT2D eigenvalue weighted by molar-refractivity contribution is -0.153. The highest BCUT2D eigenvalue weighted by atomic mass is 16.6. The summed E-state index contributed by atoms with van der Waals surface area (Å²) in [7, 11) is 1.53. The molecule has 11 heteroatoms. The second-order valence-electron chi connectivity index (χ2n) is 12.8. The molecule has 4 aromatic rings. The number of nitrogens with zero attached hydrogens (tertiary/aromatic N) is 1. The van der Waals surface area contributed by atoms with Crippen molar-refractivity contribution >= 4 is 34.6 Å². The van der Waals surface area contributed by atoms with E-state index in [1.165, 1.54) is 7.11 Å². The third-order valence-corrected chi connectivity index (χ3v) is 7.84. The molecule has 49 heavy (non-hydrogen) atoms. The number of hydrogen-bond acceptors (Lipinski definition) is 9. The van der Waals surface area contributed by atoms with Gasteiger partial charge in [0.1, 0.15) is 29.2 Å². The van der Waals surface area contributed by atoms with Crippen molar-refractivity contribution in [2.75, 3.05) is 19.0 Å². The Bertz CT molecular complexity index is 1730. The number of anilines is 1. The van der Waals surface area contributed by atoms with Crippen LogP contribution in [0.4, 0.5) is 10.5 Å². The minimum atomic E-state index is -0.959. The molecule has 2 N–H and O–H groups in total. The molecule has 0 unspecified atom stereocenters. The Kier molecular flexibility index (Phi) is 11.6. The molecule has 1 aromatic heterocycles. The maximum Gasteiger partial charge on any atom is 0.408 e. The van der Waals surface area contributed by atoms with Crippen molar-refractivity contribution in [2.45, 2.75) is 77.0 Å².